The van der Waals surface area contributed by atoms with Crippen molar-refractivity contribution < 1.29 is 9.53 Å². The van der Waals surface area contributed by atoms with Crippen LogP contribution in [-0.4, -0.2) is 30.0 Å². The zero-order chi connectivity index (χ0) is 13.2. The Morgan fingerprint density at radius 1 is 1.21 bits per heavy atom. The maximum absolute atomic E-state index is 11.9. The van der Waals surface area contributed by atoms with Crippen molar-refractivity contribution in [3.8, 4) is 5.75 Å². The van der Waals surface area contributed by atoms with E-state index in [2.05, 4.69) is 0 Å². The smallest absolute Gasteiger partial charge is 0.225 e. The van der Waals surface area contributed by atoms with E-state index in [9.17, 15) is 4.79 Å². The number of carbonyl (C=O) groups excluding carboxylic acids is 1. The van der Waals surface area contributed by atoms with Crippen LogP contribution in [0.15, 0.2) is 24.3 Å². The standard InChI is InChI=1S/C15H18ClNO2/c16-12-2-1-3-14(10-12)19-13-6-8-17(9-7-13)15(18)11-4-5-11/h1-3,10-11,13H,4-9H2. The summed E-state index contributed by atoms with van der Waals surface area (Å²) in [6.07, 6.45) is 4.17. The normalized spacial score (nSPS) is 20.4. The van der Waals surface area contributed by atoms with Gasteiger partial charge in [0.2, 0.25) is 5.91 Å². The minimum Gasteiger partial charge on any atom is -0.490 e. The molecular weight excluding hydrogens is 262 g/mol. The van der Waals surface area contributed by atoms with E-state index in [-0.39, 0.29) is 6.10 Å². The molecule has 1 heterocycles. The molecule has 1 aromatic rings. The van der Waals surface area contributed by atoms with E-state index in [1.165, 1.54) is 0 Å². The average Bonchev–Trinajstić information content (AvgIpc) is 3.23. The molecular formula is C15H18ClNO2. The number of likely N-dealkylation sites (tertiary alicyclic amines) is 1. The summed E-state index contributed by atoms with van der Waals surface area (Å²) in [4.78, 5) is 13.9. The SMILES string of the molecule is O=C(C1CC1)N1CCC(Oc2cccc(Cl)c2)CC1. The molecule has 102 valence electrons. The van der Waals surface area contributed by atoms with Crippen LogP contribution in [0.5, 0.6) is 5.75 Å². The fourth-order valence-corrected chi connectivity index (χ4v) is 2.70. The molecule has 2 fully saturated rings. The highest BCUT2D eigenvalue weighted by molar-refractivity contribution is 6.30. The summed E-state index contributed by atoms with van der Waals surface area (Å²) in [7, 11) is 0. The van der Waals surface area contributed by atoms with Crippen molar-refractivity contribution in [3.63, 3.8) is 0 Å². The third-order valence-corrected chi connectivity index (χ3v) is 4.01. The quantitative estimate of drug-likeness (QED) is 0.851. The molecule has 3 rings (SSSR count). The summed E-state index contributed by atoms with van der Waals surface area (Å²) in [5, 5.41) is 0.693. The number of ether oxygens (including phenoxy) is 1. The minimum absolute atomic E-state index is 0.196. The van der Waals surface area contributed by atoms with Crippen LogP contribution in [0.3, 0.4) is 0 Å². The highest BCUT2D eigenvalue weighted by Crippen LogP contribution is 2.32. The Kier molecular flexibility index (Phi) is 3.65. The topological polar surface area (TPSA) is 29.5 Å². The molecule has 0 N–H and O–H groups in total. The van der Waals surface area contributed by atoms with Gasteiger partial charge in [0.25, 0.3) is 0 Å². The third-order valence-electron chi connectivity index (χ3n) is 3.78. The molecule has 0 aromatic heterocycles. The fourth-order valence-electron chi connectivity index (χ4n) is 2.52. The summed E-state index contributed by atoms with van der Waals surface area (Å²) in [5.74, 6) is 1.49. The lowest BCUT2D eigenvalue weighted by Crippen LogP contribution is -2.42. The number of piperidine rings is 1. The van der Waals surface area contributed by atoms with Gasteiger partial charge in [0.15, 0.2) is 0 Å². The first-order chi connectivity index (χ1) is 9.22. The molecule has 1 aromatic carbocycles. The summed E-state index contributed by atoms with van der Waals surface area (Å²) in [6.45, 7) is 1.64. The van der Waals surface area contributed by atoms with Gasteiger partial charge in [-0.25, -0.2) is 0 Å². The number of amides is 1. The third kappa shape index (κ3) is 3.21. The maximum atomic E-state index is 11.9. The second kappa shape index (κ2) is 5.41. The number of nitrogens with zero attached hydrogens (tertiary/aromatic N) is 1. The molecule has 4 heteroatoms. The van der Waals surface area contributed by atoms with Crippen LogP contribution >= 0.6 is 11.6 Å². The first kappa shape index (κ1) is 12.8. The van der Waals surface area contributed by atoms with Gasteiger partial charge < -0.3 is 9.64 Å². The number of rotatable bonds is 3. The summed E-state index contributed by atoms with van der Waals surface area (Å²) in [5.41, 5.74) is 0. The number of halogens is 1. The lowest BCUT2D eigenvalue weighted by molar-refractivity contribution is -0.134. The van der Waals surface area contributed by atoms with E-state index in [4.69, 9.17) is 16.3 Å². The van der Waals surface area contributed by atoms with Crippen LogP contribution in [0.25, 0.3) is 0 Å². The zero-order valence-corrected chi connectivity index (χ0v) is 11.6. The van der Waals surface area contributed by atoms with Gasteiger partial charge in [-0.05, 0) is 31.0 Å². The highest BCUT2D eigenvalue weighted by Gasteiger charge is 2.35. The molecule has 3 nitrogen and oxygen atoms in total. The molecule has 2 aliphatic rings. The van der Waals surface area contributed by atoms with Gasteiger partial charge >= 0.3 is 0 Å². The van der Waals surface area contributed by atoms with E-state index in [0.29, 0.717) is 16.8 Å². The van der Waals surface area contributed by atoms with Crippen molar-refractivity contribution in [1.29, 1.82) is 0 Å². The van der Waals surface area contributed by atoms with E-state index >= 15 is 0 Å². The summed E-state index contributed by atoms with van der Waals surface area (Å²) in [6, 6.07) is 7.49. The molecule has 0 unspecified atom stereocenters. The molecule has 1 saturated heterocycles. The summed E-state index contributed by atoms with van der Waals surface area (Å²) >= 11 is 5.94. The largest absolute Gasteiger partial charge is 0.490 e. The first-order valence-electron chi connectivity index (χ1n) is 6.93. The number of carbonyl (C=O) groups is 1. The van der Waals surface area contributed by atoms with Crippen LogP contribution in [0.4, 0.5) is 0 Å². The van der Waals surface area contributed by atoms with Crippen LogP contribution in [-0.2, 0) is 4.79 Å². The Morgan fingerprint density at radius 3 is 2.58 bits per heavy atom. The molecule has 0 spiro atoms. The molecule has 0 radical (unpaired) electrons. The Bertz CT molecular complexity index is 465. The lowest BCUT2D eigenvalue weighted by atomic mass is 10.1. The zero-order valence-electron chi connectivity index (χ0n) is 10.8. The Balaban J connectivity index is 1.51. The second-order valence-electron chi connectivity index (χ2n) is 5.37. The number of benzene rings is 1. The summed E-state index contributed by atoms with van der Waals surface area (Å²) < 4.78 is 5.92. The average molecular weight is 280 g/mol. The highest BCUT2D eigenvalue weighted by atomic mass is 35.5. The van der Waals surface area contributed by atoms with E-state index < -0.39 is 0 Å². The van der Waals surface area contributed by atoms with Gasteiger partial charge in [0.1, 0.15) is 11.9 Å². The monoisotopic (exact) mass is 279 g/mol. The van der Waals surface area contributed by atoms with Crippen LogP contribution in [0.2, 0.25) is 5.02 Å². The van der Waals surface area contributed by atoms with Crippen LogP contribution < -0.4 is 4.74 Å². The Labute approximate surface area is 118 Å². The second-order valence-corrected chi connectivity index (χ2v) is 5.81. The predicted octanol–water partition coefficient (Wildman–Crippen LogP) is 3.12. The maximum Gasteiger partial charge on any atom is 0.225 e. The van der Waals surface area contributed by atoms with Crippen molar-refractivity contribution in [3.05, 3.63) is 29.3 Å². The van der Waals surface area contributed by atoms with Crippen LogP contribution in [0, 0.1) is 5.92 Å². The van der Waals surface area contributed by atoms with Crippen molar-refractivity contribution in [1.82, 2.24) is 4.90 Å². The van der Waals surface area contributed by atoms with E-state index in [1.54, 1.807) is 0 Å². The molecule has 1 aliphatic carbocycles. The Morgan fingerprint density at radius 2 is 1.95 bits per heavy atom. The van der Waals surface area contributed by atoms with Gasteiger partial charge in [-0.3, -0.25) is 4.79 Å². The van der Waals surface area contributed by atoms with Crippen molar-refractivity contribution in [2.75, 3.05) is 13.1 Å². The lowest BCUT2D eigenvalue weighted by Gasteiger charge is -2.32. The molecule has 1 amide bonds. The van der Waals surface area contributed by atoms with Crippen LogP contribution in [0.1, 0.15) is 25.7 Å². The van der Waals surface area contributed by atoms with E-state index in [0.717, 1.165) is 44.5 Å². The van der Waals surface area contributed by atoms with Crippen molar-refractivity contribution in [2.24, 2.45) is 5.92 Å². The predicted molar refractivity (Wildman–Crippen MR) is 74.4 cm³/mol. The first-order valence-corrected chi connectivity index (χ1v) is 7.31. The van der Waals surface area contributed by atoms with Gasteiger partial charge in [-0.1, -0.05) is 17.7 Å². The van der Waals surface area contributed by atoms with Crippen molar-refractivity contribution in [2.45, 2.75) is 31.8 Å². The van der Waals surface area contributed by atoms with Crippen molar-refractivity contribution >= 4 is 17.5 Å². The molecule has 1 saturated carbocycles. The van der Waals surface area contributed by atoms with E-state index in [1.807, 2.05) is 29.2 Å². The number of hydrogen-bond donors (Lipinski definition) is 0. The van der Waals surface area contributed by atoms with Gasteiger partial charge in [0, 0.05) is 36.9 Å². The fraction of sp³-hybridized carbons (Fsp3) is 0.533. The molecule has 0 atom stereocenters. The minimum atomic E-state index is 0.196. The molecule has 0 bridgehead atoms. The Hall–Kier alpha value is -1.22. The van der Waals surface area contributed by atoms with Gasteiger partial charge in [-0.2, -0.15) is 0 Å². The molecule has 19 heavy (non-hydrogen) atoms. The van der Waals surface area contributed by atoms with Gasteiger partial charge in [-0.15, -0.1) is 0 Å². The number of hydrogen-bond acceptors (Lipinski definition) is 2. The van der Waals surface area contributed by atoms with Gasteiger partial charge in [0.05, 0.1) is 0 Å². The molecule has 1 aliphatic heterocycles.